The van der Waals surface area contributed by atoms with E-state index in [0.717, 1.165) is 0 Å². The number of ketones is 1. The van der Waals surface area contributed by atoms with Crippen LogP contribution in [0.4, 0.5) is 5.69 Å². The van der Waals surface area contributed by atoms with E-state index in [9.17, 15) is 9.90 Å². The lowest BCUT2D eigenvalue weighted by atomic mass is 10.0. The zero-order valence-corrected chi connectivity index (χ0v) is 10.8. The molecule has 2 aromatic carbocycles. The average molecular weight is 271 g/mol. The van der Waals surface area contributed by atoms with Crippen molar-refractivity contribution >= 4 is 11.5 Å². The third-order valence-electron chi connectivity index (χ3n) is 2.63. The van der Waals surface area contributed by atoms with Crippen LogP contribution in [-0.4, -0.2) is 18.0 Å². The predicted octanol–water partition coefficient (Wildman–Crippen LogP) is 2.24. The first-order valence-corrected chi connectivity index (χ1v) is 5.59. The summed E-state index contributed by atoms with van der Waals surface area (Å²) in [6.45, 7) is 0. The molecule has 0 saturated heterocycles. The topological polar surface area (TPSA) is 120 Å². The molecule has 3 N–H and O–H groups in total. The Bertz CT molecular complexity index is 624. The van der Waals surface area contributed by atoms with Crippen molar-refractivity contribution in [3.8, 4) is 11.5 Å². The number of aromatic hydroxyl groups is 1. The second kappa shape index (κ2) is 6.75. The number of phenols is 1. The number of anilines is 1. The Kier molecular flexibility index (Phi) is 5.06. The lowest BCUT2D eigenvalue weighted by Crippen LogP contribution is -2.03. The molecule has 0 aliphatic heterocycles. The number of ether oxygens (including phenoxy) is 1. The molecule has 0 aliphatic carbocycles. The maximum atomic E-state index is 12.2. The monoisotopic (exact) mass is 271 g/mol. The molecule has 2 rings (SSSR count). The lowest BCUT2D eigenvalue weighted by Gasteiger charge is -2.09. The Hall–Kier alpha value is -3.07. The molecule has 0 aromatic heterocycles. The van der Waals surface area contributed by atoms with Crippen LogP contribution in [0.3, 0.4) is 0 Å². The fourth-order valence-electron chi connectivity index (χ4n) is 1.69. The molecule has 0 aliphatic rings. The van der Waals surface area contributed by atoms with Gasteiger partial charge in [0, 0.05) is 22.4 Å². The zero-order valence-electron chi connectivity index (χ0n) is 10.8. The van der Waals surface area contributed by atoms with Crippen molar-refractivity contribution in [1.82, 2.24) is 0 Å². The van der Waals surface area contributed by atoms with E-state index >= 15 is 0 Å². The van der Waals surface area contributed by atoms with Crippen LogP contribution in [0, 0.1) is 10.8 Å². The van der Waals surface area contributed by atoms with Crippen molar-refractivity contribution in [2.75, 3.05) is 12.8 Å². The Morgan fingerprint density at radius 2 is 1.80 bits per heavy atom. The highest BCUT2D eigenvalue weighted by atomic mass is 16.5. The van der Waals surface area contributed by atoms with Gasteiger partial charge in [0.25, 0.3) is 0 Å². The zero-order chi connectivity index (χ0) is 15.1. The minimum Gasteiger partial charge on any atom is -0.507 e. The molecule has 0 radical (unpaired) electrons. The summed E-state index contributed by atoms with van der Waals surface area (Å²) in [4.78, 5) is 12.2. The first kappa shape index (κ1) is 15.0. The van der Waals surface area contributed by atoms with Gasteiger partial charge < -0.3 is 15.6 Å². The van der Waals surface area contributed by atoms with Gasteiger partial charge in [-0.05, 0) is 6.07 Å². The van der Waals surface area contributed by atoms with Crippen LogP contribution in [0.5, 0.6) is 11.5 Å². The molecular weight excluding hydrogens is 258 g/mol. The van der Waals surface area contributed by atoms with E-state index in [1.54, 1.807) is 24.3 Å². The van der Waals surface area contributed by atoms with Crippen molar-refractivity contribution in [3.05, 3.63) is 53.6 Å². The number of hydrogen-bond acceptors (Lipinski definition) is 6. The highest BCUT2D eigenvalue weighted by Gasteiger charge is 2.16. The molecule has 0 atom stereocenters. The summed E-state index contributed by atoms with van der Waals surface area (Å²) in [5, 5.41) is 21.8. The fourth-order valence-corrected chi connectivity index (χ4v) is 1.69. The molecule has 0 unspecified atom stereocenters. The Balaban J connectivity index is 0.000000956. The molecule has 2 aromatic rings. The highest BCUT2D eigenvalue weighted by Crippen LogP contribution is 2.31. The normalized spacial score (nSPS) is 9.15. The number of carbonyl (C=O) groups is 1. The summed E-state index contributed by atoms with van der Waals surface area (Å²) >= 11 is 0. The van der Waals surface area contributed by atoms with Crippen molar-refractivity contribution in [3.63, 3.8) is 0 Å². The van der Waals surface area contributed by atoms with Crippen LogP contribution < -0.4 is 10.5 Å². The maximum absolute atomic E-state index is 12.2. The standard InChI is InChI=1S/C14H13NO3.N2/c1-18-13-8-12(16)10(7-11(13)15)14(17)9-5-3-2-4-6-9;1-2/h2-8,16H,15H2,1H3;. The van der Waals surface area contributed by atoms with E-state index in [-0.39, 0.29) is 17.1 Å². The molecule has 6 nitrogen and oxygen atoms in total. The van der Waals surface area contributed by atoms with E-state index in [1.807, 2.05) is 6.07 Å². The van der Waals surface area contributed by atoms with Crippen molar-refractivity contribution in [2.24, 2.45) is 0 Å². The average Bonchev–Trinajstić information content (AvgIpc) is 2.51. The number of benzene rings is 2. The van der Waals surface area contributed by atoms with Gasteiger partial charge in [-0.25, -0.2) is 0 Å². The summed E-state index contributed by atoms with van der Waals surface area (Å²) in [6, 6.07) is 11.5. The van der Waals surface area contributed by atoms with Gasteiger partial charge in [-0.1, -0.05) is 30.3 Å². The van der Waals surface area contributed by atoms with Crippen LogP contribution in [0.1, 0.15) is 15.9 Å². The van der Waals surface area contributed by atoms with Gasteiger partial charge in [0.05, 0.1) is 18.4 Å². The lowest BCUT2D eigenvalue weighted by molar-refractivity contribution is 0.103. The second-order valence-electron chi connectivity index (χ2n) is 3.81. The van der Waals surface area contributed by atoms with Gasteiger partial charge >= 0.3 is 0 Å². The highest BCUT2D eigenvalue weighted by molar-refractivity contribution is 6.11. The first-order chi connectivity index (χ1) is 9.63. The van der Waals surface area contributed by atoms with Gasteiger partial charge in [-0.2, -0.15) is 0 Å². The Morgan fingerprint density at radius 1 is 1.20 bits per heavy atom. The van der Waals surface area contributed by atoms with E-state index in [1.165, 1.54) is 19.2 Å². The largest absolute Gasteiger partial charge is 0.507 e. The van der Waals surface area contributed by atoms with Crippen molar-refractivity contribution in [2.45, 2.75) is 0 Å². The molecule has 6 heteroatoms. The van der Waals surface area contributed by atoms with E-state index in [0.29, 0.717) is 17.0 Å². The quantitative estimate of drug-likeness (QED) is 0.382. The summed E-state index contributed by atoms with van der Waals surface area (Å²) in [6.07, 6.45) is 0. The van der Waals surface area contributed by atoms with Gasteiger partial charge in [0.15, 0.2) is 5.78 Å². The number of hydrogen-bond donors (Lipinski definition) is 2. The summed E-state index contributed by atoms with van der Waals surface area (Å²) < 4.78 is 4.97. The molecule has 0 saturated carbocycles. The van der Waals surface area contributed by atoms with Gasteiger partial charge in [0.2, 0.25) is 0 Å². The second-order valence-corrected chi connectivity index (χ2v) is 3.81. The first-order valence-electron chi connectivity index (χ1n) is 5.59. The molecular formula is C14H13N3O3. The van der Waals surface area contributed by atoms with Crippen molar-refractivity contribution in [1.29, 1.82) is 10.8 Å². The molecule has 0 heterocycles. The van der Waals surface area contributed by atoms with Crippen LogP contribution >= 0.6 is 0 Å². The van der Waals surface area contributed by atoms with Crippen LogP contribution in [-0.2, 0) is 0 Å². The Labute approximate surface area is 115 Å². The fraction of sp³-hybridized carbons (Fsp3) is 0.0714. The molecule has 0 spiro atoms. The predicted molar refractivity (Wildman–Crippen MR) is 72.4 cm³/mol. The summed E-state index contributed by atoms with van der Waals surface area (Å²) in [5.74, 6) is -0.0746. The minimum atomic E-state index is -0.276. The smallest absolute Gasteiger partial charge is 0.196 e. The molecule has 20 heavy (non-hydrogen) atoms. The SMILES string of the molecule is COc1cc(O)c(C(=O)c2ccccc2)cc1N.N#N. The number of carbonyl (C=O) groups excluding carboxylic acids is 1. The van der Waals surface area contributed by atoms with E-state index in [4.69, 9.17) is 21.3 Å². The van der Waals surface area contributed by atoms with E-state index < -0.39 is 0 Å². The number of phenolic OH excluding ortho intramolecular Hbond substituents is 1. The molecule has 0 bridgehead atoms. The van der Waals surface area contributed by atoms with E-state index in [2.05, 4.69) is 0 Å². The van der Waals surface area contributed by atoms with Crippen LogP contribution in [0.25, 0.3) is 0 Å². The summed E-state index contributed by atoms with van der Waals surface area (Å²) in [5.41, 5.74) is 6.71. The number of nitrogen functional groups attached to an aromatic ring is 1. The number of nitrogens with zero attached hydrogens (tertiary/aromatic N) is 2. The number of rotatable bonds is 3. The minimum absolute atomic E-state index is 0.144. The maximum Gasteiger partial charge on any atom is 0.196 e. The van der Waals surface area contributed by atoms with Crippen molar-refractivity contribution < 1.29 is 14.6 Å². The van der Waals surface area contributed by atoms with Gasteiger partial charge in [-0.15, -0.1) is 0 Å². The van der Waals surface area contributed by atoms with Gasteiger partial charge in [-0.3, -0.25) is 4.79 Å². The molecule has 0 amide bonds. The van der Waals surface area contributed by atoms with Crippen LogP contribution in [0.15, 0.2) is 42.5 Å². The molecule has 0 fully saturated rings. The Morgan fingerprint density at radius 3 is 2.35 bits per heavy atom. The number of nitrogens with two attached hydrogens (primary N) is 1. The van der Waals surface area contributed by atoms with Crippen LogP contribution in [0.2, 0.25) is 0 Å². The third kappa shape index (κ3) is 3.03. The molecule has 102 valence electrons. The summed E-state index contributed by atoms with van der Waals surface area (Å²) in [7, 11) is 1.45. The van der Waals surface area contributed by atoms with Gasteiger partial charge in [0.1, 0.15) is 11.5 Å². The number of methoxy groups -OCH3 is 1. The third-order valence-corrected chi connectivity index (χ3v) is 2.63.